The second kappa shape index (κ2) is 5.55. The first-order chi connectivity index (χ1) is 7.02. The van der Waals surface area contributed by atoms with Crippen LogP contribution in [0, 0.1) is 5.92 Å². The molecular weight excluding hydrogens is 229 g/mol. The molecule has 0 spiro atoms. The fourth-order valence-electron chi connectivity index (χ4n) is 1.33. The summed E-state index contributed by atoms with van der Waals surface area (Å²) in [7, 11) is 0. The molecular formula is C12H15Cl2N. The molecule has 1 aromatic carbocycles. The SMILES string of the molecule is CC(C)C(=Cc1cc(Cl)cc(Cl)c1)CN. The molecule has 0 radical (unpaired) electrons. The van der Waals surface area contributed by atoms with E-state index in [1.165, 1.54) is 5.57 Å². The molecule has 15 heavy (non-hydrogen) atoms. The van der Waals surface area contributed by atoms with E-state index in [0.717, 1.165) is 5.56 Å². The number of hydrogen-bond donors (Lipinski definition) is 1. The number of benzene rings is 1. The fraction of sp³-hybridized carbons (Fsp3) is 0.333. The molecule has 0 saturated heterocycles. The van der Waals surface area contributed by atoms with Gasteiger partial charge in [0.2, 0.25) is 0 Å². The van der Waals surface area contributed by atoms with Gasteiger partial charge >= 0.3 is 0 Å². The average molecular weight is 244 g/mol. The second-order valence-corrected chi connectivity index (χ2v) is 4.65. The minimum atomic E-state index is 0.438. The minimum Gasteiger partial charge on any atom is -0.327 e. The Balaban J connectivity index is 3.05. The molecule has 82 valence electrons. The number of nitrogens with two attached hydrogens (primary N) is 1. The van der Waals surface area contributed by atoms with Crippen molar-refractivity contribution in [2.45, 2.75) is 13.8 Å². The van der Waals surface area contributed by atoms with E-state index < -0.39 is 0 Å². The zero-order valence-electron chi connectivity index (χ0n) is 8.93. The zero-order valence-corrected chi connectivity index (χ0v) is 10.4. The van der Waals surface area contributed by atoms with Gasteiger partial charge in [0, 0.05) is 16.6 Å². The molecule has 3 heteroatoms. The molecule has 0 fully saturated rings. The highest BCUT2D eigenvalue weighted by molar-refractivity contribution is 6.34. The molecule has 0 aromatic heterocycles. The Morgan fingerprint density at radius 2 is 1.80 bits per heavy atom. The van der Waals surface area contributed by atoms with Crippen LogP contribution in [0.2, 0.25) is 10.0 Å². The molecule has 0 aliphatic rings. The number of rotatable bonds is 3. The van der Waals surface area contributed by atoms with E-state index in [1.807, 2.05) is 18.2 Å². The number of hydrogen-bond acceptors (Lipinski definition) is 1. The van der Waals surface area contributed by atoms with Gasteiger partial charge in [-0.1, -0.05) is 48.7 Å². The Hall–Kier alpha value is -0.500. The van der Waals surface area contributed by atoms with Crippen LogP contribution in [-0.2, 0) is 0 Å². The van der Waals surface area contributed by atoms with E-state index in [9.17, 15) is 0 Å². The van der Waals surface area contributed by atoms with Crippen LogP contribution < -0.4 is 5.73 Å². The van der Waals surface area contributed by atoms with Gasteiger partial charge in [0.15, 0.2) is 0 Å². The molecule has 1 aromatic rings. The Morgan fingerprint density at radius 3 is 2.20 bits per heavy atom. The molecule has 0 saturated carbocycles. The topological polar surface area (TPSA) is 26.0 Å². The molecule has 0 aliphatic heterocycles. The first-order valence-electron chi connectivity index (χ1n) is 4.89. The van der Waals surface area contributed by atoms with Gasteiger partial charge in [-0.25, -0.2) is 0 Å². The molecule has 0 atom stereocenters. The van der Waals surface area contributed by atoms with Crippen LogP contribution in [0.25, 0.3) is 6.08 Å². The monoisotopic (exact) mass is 243 g/mol. The lowest BCUT2D eigenvalue weighted by Gasteiger charge is -2.08. The predicted octanol–water partition coefficient (Wildman–Crippen LogP) is 3.99. The summed E-state index contributed by atoms with van der Waals surface area (Å²) < 4.78 is 0. The van der Waals surface area contributed by atoms with Gasteiger partial charge in [0.05, 0.1) is 0 Å². The summed E-state index contributed by atoms with van der Waals surface area (Å²) in [6, 6.07) is 5.48. The highest BCUT2D eigenvalue weighted by Crippen LogP contribution is 2.22. The first-order valence-corrected chi connectivity index (χ1v) is 5.65. The molecule has 2 N–H and O–H groups in total. The molecule has 0 bridgehead atoms. The third-order valence-corrected chi connectivity index (χ3v) is 2.65. The molecule has 0 amide bonds. The summed E-state index contributed by atoms with van der Waals surface area (Å²) in [6.45, 7) is 4.79. The van der Waals surface area contributed by atoms with E-state index in [0.29, 0.717) is 22.5 Å². The van der Waals surface area contributed by atoms with Gasteiger partial charge in [-0.2, -0.15) is 0 Å². The predicted molar refractivity (Wildman–Crippen MR) is 68.3 cm³/mol. The third kappa shape index (κ3) is 3.86. The number of halogens is 2. The largest absolute Gasteiger partial charge is 0.327 e. The summed E-state index contributed by atoms with van der Waals surface area (Å²) in [5, 5.41) is 1.29. The summed E-state index contributed by atoms with van der Waals surface area (Å²) in [6.07, 6.45) is 2.04. The van der Waals surface area contributed by atoms with Crippen LogP contribution in [0.15, 0.2) is 23.8 Å². The molecule has 1 rings (SSSR count). The van der Waals surface area contributed by atoms with Crippen LogP contribution in [0.1, 0.15) is 19.4 Å². The van der Waals surface area contributed by atoms with Crippen molar-refractivity contribution in [1.82, 2.24) is 0 Å². The minimum absolute atomic E-state index is 0.438. The van der Waals surface area contributed by atoms with Crippen molar-refractivity contribution >= 4 is 29.3 Å². The normalized spacial score (nSPS) is 12.3. The van der Waals surface area contributed by atoms with Crippen molar-refractivity contribution in [2.24, 2.45) is 11.7 Å². The Labute approximate surface area is 101 Å². The van der Waals surface area contributed by atoms with Crippen LogP contribution in [0.5, 0.6) is 0 Å². The average Bonchev–Trinajstić information content (AvgIpc) is 2.12. The Morgan fingerprint density at radius 1 is 1.27 bits per heavy atom. The Kier molecular flexibility index (Phi) is 4.65. The molecule has 0 heterocycles. The van der Waals surface area contributed by atoms with Gasteiger partial charge in [-0.15, -0.1) is 0 Å². The van der Waals surface area contributed by atoms with E-state index in [-0.39, 0.29) is 0 Å². The van der Waals surface area contributed by atoms with Crippen molar-refractivity contribution in [3.8, 4) is 0 Å². The van der Waals surface area contributed by atoms with Crippen LogP contribution in [0.4, 0.5) is 0 Å². The van der Waals surface area contributed by atoms with Crippen LogP contribution in [-0.4, -0.2) is 6.54 Å². The highest BCUT2D eigenvalue weighted by Gasteiger charge is 2.02. The van der Waals surface area contributed by atoms with Gasteiger partial charge in [0.1, 0.15) is 0 Å². The smallest absolute Gasteiger partial charge is 0.0426 e. The van der Waals surface area contributed by atoms with Crippen molar-refractivity contribution in [2.75, 3.05) is 6.54 Å². The highest BCUT2D eigenvalue weighted by atomic mass is 35.5. The fourth-order valence-corrected chi connectivity index (χ4v) is 1.88. The maximum absolute atomic E-state index is 5.91. The van der Waals surface area contributed by atoms with Gasteiger partial charge in [-0.05, 0) is 29.7 Å². The van der Waals surface area contributed by atoms with E-state index in [4.69, 9.17) is 28.9 Å². The van der Waals surface area contributed by atoms with Crippen LogP contribution >= 0.6 is 23.2 Å². The lowest BCUT2D eigenvalue weighted by atomic mass is 10.0. The summed E-state index contributed by atoms with van der Waals surface area (Å²) >= 11 is 11.8. The summed E-state index contributed by atoms with van der Waals surface area (Å²) in [5.41, 5.74) is 7.85. The maximum atomic E-state index is 5.91. The first kappa shape index (κ1) is 12.6. The van der Waals surface area contributed by atoms with Crippen molar-refractivity contribution in [3.63, 3.8) is 0 Å². The summed E-state index contributed by atoms with van der Waals surface area (Å²) in [5.74, 6) is 0.438. The quantitative estimate of drug-likeness (QED) is 0.854. The molecule has 1 nitrogen and oxygen atoms in total. The molecule has 0 unspecified atom stereocenters. The van der Waals surface area contributed by atoms with Crippen molar-refractivity contribution in [3.05, 3.63) is 39.4 Å². The van der Waals surface area contributed by atoms with E-state index in [1.54, 1.807) is 6.07 Å². The van der Waals surface area contributed by atoms with Gasteiger partial charge in [-0.3, -0.25) is 0 Å². The third-order valence-electron chi connectivity index (χ3n) is 2.21. The van der Waals surface area contributed by atoms with Gasteiger partial charge in [0.25, 0.3) is 0 Å². The summed E-state index contributed by atoms with van der Waals surface area (Å²) in [4.78, 5) is 0. The lowest BCUT2D eigenvalue weighted by Crippen LogP contribution is -2.08. The zero-order chi connectivity index (χ0) is 11.4. The second-order valence-electron chi connectivity index (χ2n) is 3.78. The van der Waals surface area contributed by atoms with Crippen molar-refractivity contribution < 1.29 is 0 Å². The lowest BCUT2D eigenvalue weighted by molar-refractivity contribution is 0.753. The van der Waals surface area contributed by atoms with E-state index >= 15 is 0 Å². The maximum Gasteiger partial charge on any atom is 0.0426 e. The standard InChI is InChI=1S/C12H15Cl2N/c1-8(2)10(7-15)3-9-4-11(13)6-12(14)5-9/h3-6,8H,7,15H2,1-2H3. The Bertz CT molecular complexity index is 350. The van der Waals surface area contributed by atoms with E-state index in [2.05, 4.69) is 13.8 Å². The van der Waals surface area contributed by atoms with Gasteiger partial charge < -0.3 is 5.73 Å². The van der Waals surface area contributed by atoms with Crippen LogP contribution in [0.3, 0.4) is 0 Å². The van der Waals surface area contributed by atoms with Crippen molar-refractivity contribution in [1.29, 1.82) is 0 Å². The molecule has 0 aliphatic carbocycles.